The zero-order chi connectivity index (χ0) is 22.1. The van der Waals surface area contributed by atoms with Crippen LogP contribution in [0.15, 0.2) is 53.4 Å². The zero-order valence-electron chi connectivity index (χ0n) is 16.3. The van der Waals surface area contributed by atoms with E-state index in [9.17, 15) is 23.1 Å². The highest BCUT2D eigenvalue weighted by molar-refractivity contribution is 7.89. The molecule has 0 aromatic heterocycles. The summed E-state index contributed by atoms with van der Waals surface area (Å²) in [6, 6.07) is 11.9. The number of ether oxygens (including phenoxy) is 1. The molecule has 8 nitrogen and oxygen atoms in total. The van der Waals surface area contributed by atoms with E-state index in [-0.39, 0.29) is 36.8 Å². The molecule has 2 aromatic rings. The van der Waals surface area contributed by atoms with Crippen LogP contribution in [0.3, 0.4) is 0 Å². The molecule has 3 N–H and O–H groups in total. The number of benzene rings is 2. The molecule has 0 heterocycles. The van der Waals surface area contributed by atoms with Crippen LogP contribution in [-0.4, -0.2) is 51.7 Å². The van der Waals surface area contributed by atoms with Gasteiger partial charge in [-0.2, -0.15) is 4.72 Å². The third-order valence-corrected chi connectivity index (χ3v) is 5.94. The molecule has 0 bridgehead atoms. The van der Waals surface area contributed by atoms with Gasteiger partial charge in [-0.3, -0.25) is 9.59 Å². The van der Waals surface area contributed by atoms with Gasteiger partial charge in [0.25, 0.3) is 0 Å². The lowest BCUT2D eigenvalue weighted by Crippen LogP contribution is -2.41. The van der Waals surface area contributed by atoms with Crippen LogP contribution in [0.4, 0.5) is 0 Å². The van der Waals surface area contributed by atoms with Gasteiger partial charge in [0.05, 0.1) is 4.90 Å². The molecule has 0 unspecified atom stereocenters. The summed E-state index contributed by atoms with van der Waals surface area (Å²) in [5, 5.41) is 12.5. The molecule has 0 aliphatic carbocycles. The first kappa shape index (κ1) is 23.8. The average molecular weight is 455 g/mol. The van der Waals surface area contributed by atoms with Gasteiger partial charge in [-0.25, -0.2) is 8.42 Å². The lowest BCUT2D eigenvalue weighted by Gasteiger charge is -2.15. The molecule has 1 atom stereocenters. The average Bonchev–Trinajstić information content (AvgIpc) is 2.71. The molecule has 10 heteroatoms. The van der Waals surface area contributed by atoms with Crippen molar-refractivity contribution in [2.75, 3.05) is 20.3 Å². The van der Waals surface area contributed by atoms with E-state index in [0.717, 1.165) is 11.1 Å². The highest BCUT2D eigenvalue weighted by Crippen LogP contribution is 2.23. The number of rotatable bonds is 11. The van der Waals surface area contributed by atoms with Crippen LogP contribution in [0, 0.1) is 0 Å². The van der Waals surface area contributed by atoms with Crippen LogP contribution < -0.4 is 10.0 Å². The predicted octanol–water partition coefficient (Wildman–Crippen LogP) is 2.28. The molecule has 2 rings (SSSR count). The van der Waals surface area contributed by atoms with E-state index in [0.29, 0.717) is 5.02 Å². The fourth-order valence-corrected chi connectivity index (χ4v) is 4.02. The Bertz CT molecular complexity index is 962. The fourth-order valence-electron chi connectivity index (χ4n) is 2.67. The summed E-state index contributed by atoms with van der Waals surface area (Å²) < 4.78 is 32.1. The molecule has 0 spiro atoms. The van der Waals surface area contributed by atoms with Gasteiger partial charge in [0.2, 0.25) is 15.9 Å². The SMILES string of the molecule is COCC(=O)NCCC[C@H](NS(=O)(=O)c1ccc(-c2ccc(Cl)cc2)cc1)C(=O)O. The maximum atomic E-state index is 12.6. The van der Waals surface area contributed by atoms with Crippen molar-refractivity contribution in [3.63, 3.8) is 0 Å². The van der Waals surface area contributed by atoms with Crippen molar-refractivity contribution in [1.82, 2.24) is 10.0 Å². The van der Waals surface area contributed by atoms with Crippen LogP contribution in [0.5, 0.6) is 0 Å². The lowest BCUT2D eigenvalue weighted by molar-refractivity contribution is -0.139. The minimum atomic E-state index is -4.03. The fraction of sp³-hybridized carbons (Fsp3) is 0.300. The van der Waals surface area contributed by atoms with Crippen molar-refractivity contribution in [1.29, 1.82) is 0 Å². The van der Waals surface area contributed by atoms with E-state index in [2.05, 4.69) is 14.8 Å². The third kappa shape index (κ3) is 7.10. The molecule has 0 saturated carbocycles. The molecular formula is C20H23ClN2O6S. The minimum Gasteiger partial charge on any atom is -0.480 e. The minimum absolute atomic E-state index is 0.0185. The van der Waals surface area contributed by atoms with E-state index in [1.807, 2.05) is 12.1 Å². The Kier molecular flexibility index (Phi) is 8.79. The van der Waals surface area contributed by atoms with Crippen molar-refractivity contribution in [2.45, 2.75) is 23.8 Å². The van der Waals surface area contributed by atoms with E-state index in [1.54, 1.807) is 24.3 Å². The van der Waals surface area contributed by atoms with Gasteiger partial charge in [0, 0.05) is 18.7 Å². The molecule has 0 fully saturated rings. The summed E-state index contributed by atoms with van der Waals surface area (Å²) in [5.74, 6) is -1.62. The second-order valence-electron chi connectivity index (χ2n) is 6.47. The number of amides is 1. The van der Waals surface area contributed by atoms with Crippen molar-refractivity contribution in [2.24, 2.45) is 0 Å². The van der Waals surface area contributed by atoms with Gasteiger partial charge in [-0.05, 0) is 48.2 Å². The van der Waals surface area contributed by atoms with Gasteiger partial charge in [0.15, 0.2) is 0 Å². The van der Waals surface area contributed by atoms with Crippen LogP contribution >= 0.6 is 11.6 Å². The number of carboxylic acid groups (broad SMARTS) is 1. The van der Waals surface area contributed by atoms with Crippen LogP contribution in [0.25, 0.3) is 11.1 Å². The smallest absolute Gasteiger partial charge is 0.321 e. The summed E-state index contributed by atoms with van der Waals surface area (Å²) >= 11 is 5.87. The van der Waals surface area contributed by atoms with E-state index in [4.69, 9.17) is 11.6 Å². The van der Waals surface area contributed by atoms with E-state index in [1.165, 1.54) is 19.2 Å². The second-order valence-corrected chi connectivity index (χ2v) is 8.62. The number of hydrogen-bond acceptors (Lipinski definition) is 5. The first-order valence-corrected chi connectivity index (χ1v) is 11.0. The highest BCUT2D eigenvalue weighted by atomic mass is 35.5. The Balaban J connectivity index is 2.00. The predicted molar refractivity (Wildman–Crippen MR) is 113 cm³/mol. The van der Waals surface area contributed by atoms with Gasteiger partial charge in [0.1, 0.15) is 12.6 Å². The monoisotopic (exact) mass is 454 g/mol. The summed E-state index contributed by atoms with van der Waals surface area (Å²) in [5.41, 5.74) is 1.67. The highest BCUT2D eigenvalue weighted by Gasteiger charge is 2.25. The van der Waals surface area contributed by atoms with Crippen molar-refractivity contribution in [3.05, 3.63) is 53.6 Å². The lowest BCUT2D eigenvalue weighted by atomic mass is 10.1. The zero-order valence-corrected chi connectivity index (χ0v) is 17.9. The van der Waals surface area contributed by atoms with Gasteiger partial charge in [-0.1, -0.05) is 35.9 Å². The summed E-state index contributed by atoms with van der Waals surface area (Å²) in [4.78, 5) is 22.7. The largest absolute Gasteiger partial charge is 0.480 e. The molecule has 0 saturated heterocycles. The van der Waals surface area contributed by atoms with Crippen molar-refractivity contribution in [3.8, 4) is 11.1 Å². The number of sulfonamides is 1. The molecule has 162 valence electrons. The number of carboxylic acids is 1. The van der Waals surface area contributed by atoms with E-state index < -0.39 is 22.0 Å². The Morgan fingerprint density at radius 2 is 1.63 bits per heavy atom. The molecule has 0 aliphatic heterocycles. The van der Waals surface area contributed by atoms with Crippen molar-refractivity contribution >= 4 is 33.5 Å². The van der Waals surface area contributed by atoms with E-state index >= 15 is 0 Å². The van der Waals surface area contributed by atoms with Gasteiger partial charge < -0.3 is 15.2 Å². The van der Waals surface area contributed by atoms with Crippen LogP contribution in [0.1, 0.15) is 12.8 Å². The number of halogens is 1. The number of aliphatic carboxylic acids is 1. The Labute approximate surface area is 180 Å². The van der Waals surface area contributed by atoms with Crippen molar-refractivity contribution < 1.29 is 27.9 Å². The summed E-state index contributed by atoms with van der Waals surface area (Å²) in [7, 11) is -2.65. The Morgan fingerprint density at radius 1 is 1.07 bits per heavy atom. The molecule has 2 aromatic carbocycles. The maximum Gasteiger partial charge on any atom is 0.321 e. The quantitative estimate of drug-likeness (QED) is 0.448. The molecule has 1 amide bonds. The first-order valence-electron chi connectivity index (χ1n) is 9.09. The number of carbonyl (C=O) groups is 2. The van der Waals surface area contributed by atoms with Gasteiger partial charge >= 0.3 is 5.97 Å². The number of carbonyl (C=O) groups excluding carboxylic acids is 1. The topological polar surface area (TPSA) is 122 Å². The molecule has 30 heavy (non-hydrogen) atoms. The Morgan fingerprint density at radius 3 is 2.17 bits per heavy atom. The molecule has 0 aliphatic rings. The number of nitrogens with one attached hydrogen (secondary N) is 2. The normalized spacial score (nSPS) is 12.3. The maximum absolute atomic E-state index is 12.6. The standard InChI is InChI=1S/C20H23ClN2O6S/c1-29-13-19(24)22-12-2-3-18(20(25)26)23-30(27,28)17-10-6-15(7-11-17)14-4-8-16(21)9-5-14/h4-11,18,23H,2-3,12-13H2,1H3,(H,22,24)(H,25,26)/t18-/m0/s1. The summed E-state index contributed by atoms with van der Waals surface area (Å²) in [6.45, 7) is 0.116. The molecular weight excluding hydrogens is 432 g/mol. The van der Waals surface area contributed by atoms with Gasteiger partial charge in [-0.15, -0.1) is 0 Å². The number of hydrogen-bond donors (Lipinski definition) is 3. The number of methoxy groups -OCH3 is 1. The van der Waals surface area contributed by atoms with Crippen LogP contribution in [0.2, 0.25) is 5.02 Å². The second kappa shape index (κ2) is 11.1. The first-order chi connectivity index (χ1) is 14.2. The summed E-state index contributed by atoms with van der Waals surface area (Å²) in [6.07, 6.45) is 0.301. The Hall–Kier alpha value is -2.46. The molecule has 0 radical (unpaired) electrons. The third-order valence-electron chi connectivity index (χ3n) is 4.20. The van der Waals surface area contributed by atoms with Crippen LogP contribution in [-0.2, 0) is 24.3 Å².